The second kappa shape index (κ2) is 9.51. The highest BCUT2D eigenvalue weighted by Crippen LogP contribution is 2.32. The minimum absolute atomic E-state index is 0.365. The molecule has 3 aromatic rings. The Labute approximate surface area is 186 Å². The van der Waals surface area contributed by atoms with Crippen LogP contribution in [0.15, 0.2) is 70.8 Å². The van der Waals surface area contributed by atoms with Crippen LogP contribution < -0.4 is 19.6 Å². The number of ether oxygens (including phenoxy) is 3. The maximum Gasteiger partial charge on any atom is 0.161 e. The molecule has 4 rings (SSSR count). The second-order valence-corrected chi connectivity index (χ2v) is 6.95. The molecule has 32 heavy (non-hydrogen) atoms. The zero-order valence-corrected chi connectivity index (χ0v) is 18.2. The Morgan fingerprint density at radius 3 is 2.28 bits per heavy atom. The van der Waals surface area contributed by atoms with Gasteiger partial charge in [0.25, 0.3) is 0 Å². The van der Waals surface area contributed by atoms with Crippen molar-refractivity contribution in [2.45, 2.75) is 13.8 Å². The minimum Gasteiger partial charge on any atom is -0.497 e. The number of hydrazone groups is 1. The summed E-state index contributed by atoms with van der Waals surface area (Å²) in [4.78, 5) is 4.72. The number of fused-ring (bicyclic) bond motifs is 1. The lowest BCUT2D eigenvalue weighted by Gasteiger charge is -2.14. The molecule has 0 saturated carbocycles. The Balaban J connectivity index is 1.80. The fourth-order valence-electron chi connectivity index (χ4n) is 3.41. The number of benzene rings is 3. The van der Waals surface area contributed by atoms with Crippen molar-refractivity contribution in [2.75, 3.05) is 20.3 Å². The first-order valence-corrected chi connectivity index (χ1v) is 10.4. The minimum atomic E-state index is -0.365. The summed E-state index contributed by atoms with van der Waals surface area (Å²) in [6, 6.07) is 17.5. The first-order chi connectivity index (χ1) is 15.6. The van der Waals surface area contributed by atoms with Gasteiger partial charge in [-0.1, -0.05) is 0 Å². The van der Waals surface area contributed by atoms with Crippen molar-refractivity contribution >= 4 is 17.2 Å². The topological polar surface area (TPSA) is 64.4 Å². The van der Waals surface area contributed by atoms with Crippen molar-refractivity contribution in [3.63, 3.8) is 0 Å². The molecule has 0 unspecified atom stereocenters. The van der Waals surface area contributed by atoms with Gasteiger partial charge in [0, 0.05) is 16.7 Å². The highest BCUT2D eigenvalue weighted by Gasteiger charge is 2.20. The van der Waals surface area contributed by atoms with E-state index in [0.29, 0.717) is 47.5 Å². The predicted octanol–water partition coefficient (Wildman–Crippen LogP) is 5.07. The van der Waals surface area contributed by atoms with Crippen LogP contribution in [0.2, 0.25) is 0 Å². The molecule has 1 aliphatic heterocycles. The molecule has 0 amide bonds. The summed E-state index contributed by atoms with van der Waals surface area (Å²) >= 11 is 0. The first-order valence-electron chi connectivity index (χ1n) is 10.4. The Morgan fingerprint density at radius 2 is 1.56 bits per heavy atom. The van der Waals surface area contributed by atoms with Crippen molar-refractivity contribution in [1.82, 2.24) is 5.43 Å². The van der Waals surface area contributed by atoms with Gasteiger partial charge in [-0.3, -0.25) is 5.43 Å². The van der Waals surface area contributed by atoms with Crippen LogP contribution >= 0.6 is 0 Å². The molecule has 0 spiro atoms. The van der Waals surface area contributed by atoms with Gasteiger partial charge in [-0.15, -0.1) is 0 Å². The number of halogens is 1. The molecule has 1 aliphatic rings. The summed E-state index contributed by atoms with van der Waals surface area (Å²) in [6.45, 7) is 4.84. The zero-order valence-electron chi connectivity index (χ0n) is 18.2. The highest BCUT2D eigenvalue weighted by atomic mass is 19.1. The molecule has 0 aromatic heterocycles. The molecule has 0 saturated heterocycles. The molecule has 6 nitrogen and oxygen atoms in total. The third kappa shape index (κ3) is 4.42. The van der Waals surface area contributed by atoms with E-state index >= 15 is 0 Å². The second-order valence-electron chi connectivity index (χ2n) is 6.95. The third-order valence-corrected chi connectivity index (χ3v) is 4.90. The van der Waals surface area contributed by atoms with Crippen LogP contribution in [0.4, 0.5) is 10.1 Å². The van der Waals surface area contributed by atoms with E-state index in [0.717, 1.165) is 16.9 Å². The van der Waals surface area contributed by atoms with Crippen LogP contribution in [0, 0.1) is 5.82 Å². The van der Waals surface area contributed by atoms with Crippen molar-refractivity contribution in [2.24, 2.45) is 10.1 Å². The van der Waals surface area contributed by atoms with Gasteiger partial charge in [0.2, 0.25) is 0 Å². The lowest BCUT2D eigenvalue weighted by Crippen LogP contribution is -2.19. The molecule has 0 fully saturated rings. The first kappa shape index (κ1) is 21.4. The molecule has 3 aromatic carbocycles. The van der Waals surface area contributed by atoms with Crippen LogP contribution in [-0.2, 0) is 0 Å². The van der Waals surface area contributed by atoms with Crippen molar-refractivity contribution in [1.29, 1.82) is 0 Å². The average molecular weight is 433 g/mol. The number of methoxy groups -OCH3 is 1. The predicted molar refractivity (Wildman–Crippen MR) is 123 cm³/mol. The average Bonchev–Trinajstić information content (AvgIpc) is 3.00. The maximum absolute atomic E-state index is 14.2. The molecular weight excluding hydrogens is 409 g/mol. The van der Waals surface area contributed by atoms with E-state index in [1.807, 2.05) is 56.3 Å². The van der Waals surface area contributed by atoms with Gasteiger partial charge in [0.1, 0.15) is 17.3 Å². The van der Waals surface area contributed by atoms with Crippen LogP contribution in [0.25, 0.3) is 0 Å². The van der Waals surface area contributed by atoms with Crippen molar-refractivity contribution in [3.8, 4) is 17.2 Å². The molecule has 0 aliphatic carbocycles. The number of aliphatic imine (C=N–C) groups is 1. The molecule has 0 radical (unpaired) electrons. The van der Waals surface area contributed by atoms with E-state index in [1.54, 1.807) is 13.2 Å². The van der Waals surface area contributed by atoms with Crippen molar-refractivity contribution in [3.05, 3.63) is 83.2 Å². The summed E-state index contributed by atoms with van der Waals surface area (Å²) in [7, 11) is 1.62. The van der Waals surface area contributed by atoms with E-state index in [4.69, 9.17) is 19.2 Å². The summed E-state index contributed by atoms with van der Waals surface area (Å²) < 4.78 is 30.9. The molecule has 0 atom stereocenters. The van der Waals surface area contributed by atoms with E-state index in [1.165, 1.54) is 12.1 Å². The lowest BCUT2D eigenvalue weighted by molar-refractivity contribution is 0.287. The Kier molecular flexibility index (Phi) is 6.35. The molecule has 164 valence electrons. The van der Waals surface area contributed by atoms with Gasteiger partial charge in [-0.25, -0.2) is 9.38 Å². The van der Waals surface area contributed by atoms with Crippen LogP contribution in [0.5, 0.6) is 17.2 Å². The molecular formula is C25H24FN3O3. The van der Waals surface area contributed by atoms with Gasteiger partial charge in [0.15, 0.2) is 17.3 Å². The smallest absolute Gasteiger partial charge is 0.161 e. The van der Waals surface area contributed by atoms with Gasteiger partial charge in [0.05, 0.1) is 26.0 Å². The lowest BCUT2D eigenvalue weighted by atomic mass is 10.00. The third-order valence-electron chi connectivity index (χ3n) is 4.90. The largest absolute Gasteiger partial charge is 0.497 e. The van der Waals surface area contributed by atoms with Gasteiger partial charge >= 0.3 is 0 Å². The van der Waals surface area contributed by atoms with E-state index < -0.39 is 0 Å². The summed E-state index contributed by atoms with van der Waals surface area (Å²) in [6.07, 6.45) is 0. The van der Waals surface area contributed by atoms with Gasteiger partial charge < -0.3 is 14.2 Å². The zero-order chi connectivity index (χ0) is 22.5. The fraction of sp³-hybridized carbons (Fsp3) is 0.200. The summed E-state index contributed by atoms with van der Waals surface area (Å²) in [5.74, 6) is 2.18. The van der Waals surface area contributed by atoms with Gasteiger partial charge in [-0.05, 0) is 74.5 Å². The SMILES string of the molecule is CCOc1ccc(C2=NNC(c3ccc(OC)cc3)=Nc3ccc(F)cc32)cc1OCC. The van der Waals surface area contributed by atoms with E-state index in [-0.39, 0.29) is 5.82 Å². The Bertz CT molecular complexity index is 1170. The number of amidine groups is 1. The van der Waals surface area contributed by atoms with E-state index in [9.17, 15) is 4.39 Å². The number of hydrogen-bond donors (Lipinski definition) is 1. The van der Waals surface area contributed by atoms with Crippen LogP contribution in [0.3, 0.4) is 0 Å². The number of hydrogen-bond acceptors (Lipinski definition) is 6. The molecule has 1 heterocycles. The summed E-state index contributed by atoms with van der Waals surface area (Å²) in [5, 5.41) is 4.59. The van der Waals surface area contributed by atoms with Crippen LogP contribution in [-0.4, -0.2) is 31.9 Å². The van der Waals surface area contributed by atoms with Crippen molar-refractivity contribution < 1.29 is 18.6 Å². The maximum atomic E-state index is 14.2. The normalized spacial score (nSPS) is 12.6. The molecule has 1 N–H and O–H groups in total. The number of rotatable bonds is 7. The van der Waals surface area contributed by atoms with Gasteiger partial charge in [-0.2, -0.15) is 5.10 Å². The Hall–Kier alpha value is -3.87. The van der Waals surface area contributed by atoms with Crippen LogP contribution in [0.1, 0.15) is 30.5 Å². The fourth-order valence-corrected chi connectivity index (χ4v) is 3.41. The monoisotopic (exact) mass is 433 g/mol. The number of nitrogens with one attached hydrogen (secondary N) is 1. The Morgan fingerprint density at radius 1 is 0.844 bits per heavy atom. The van der Waals surface area contributed by atoms with E-state index in [2.05, 4.69) is 10.5 Å². The number of nitrogens with zero attached hydrogens (tertiary/aromatic N) is 2. The standard InChI is InChI=1S/C25H24FN3O3/c1-4-31-22-13-8-17(14-23(22)32-5-2)24-20-15-18(26)9-12-21(20)27-25(29-28-24)16-6-10-19(30-3)11-7-16/h6-15H,4-5H2,1-3H3,(H,27,29). The quantitative estimate of drug-likeness (QED) is 0.565. The highest BCUT2D eigenvalue weighted by molar-refractivity contribution is 6.18. The summed E-state index contributed by atoms with van der Waals surface area (Å²) in [5.41, 5.74) is 6.36. The molecule has 0 bridgehead atoms. The molecule has 7 heteroatoms.